The first kappa shape index (κ1) is 31.5. The zero-order chi connectivity index (χ0) is 37.5. The van der Waals surface area contributed by atoms with Crippen LogP contribution in [0.5, 0.6) is 0 Å². The zero-order valence-electron chi connectivity index (χ0n) is 30.5. The number of aromatic nitrogens is 4. The van der Waals surface area contributed by atoms with Crippen LogP contribution in [-0.4, -0.2) is 19.5 Å². The van der Waals surface area contributed by atoms with E-state index in [-0.39, 0.29) is 0 Å². The van der Waals surface area contributed by atoms with E-state index in [1.165, 1.54) is 21.8 Å². The average Bonchev–Trinajstić information content (AvgIpc) is 3.83. The third kappa shape index (κ3) is 4.87. The highest BCUT2D eigenvalue weighted by Gasteiger charge is 2.28. The predicted molar refractivity (Wildman–Crippen MR) is 231 cm³/mol. The van der Waals surface area contributed by atoms with Crippen molar-refractivity contribution in [3.05, 3.63) is 188 Å². The summed E-state index contributed by atoms with van der Waals surface area (Å²) >= 11 is 0. The topological polar surface area (TPSA) is 60.0 Å². The van der Waals surface area contributed by atoms with Gasteiger partial charge in [0.15, 0.2) is 17.5 Å². The second kappa shape index (κ2) is 12.3. The van der Waals surface area contributed by atoms with E-state index in [1.54, 1.807) is 0 Å². The highest BCUT2D eigenvalue weighted by molar-refractivity contribution is 6.18. The van der Waals surface area contributed by atoms with Gasteiger partial charge in [0, 0.05) is 43.9 Å². The van der Waals surface area contributed by atoms with Crippen molar-refractivity contribution in [2.75, 3.05) is 4.90 Å². The van der Waals surface area contributed by atoms with Gasteiger partial charge in [0.05, 0.1) is 28.1 Å². The first-order valence-electron chi connectivity index (χ1n) is 19.1. The van der Waals surface area contributed by atoms with Crippen molar-refractivity contribution >= 4 is 60.8 Å². The van der Waals surface area contributed by atoms with E-state index in [1.807, 2.05) is 72.8 Å². The number of benzene rings is 8. The van der Waals surface area contributed by atoms with Crippen molar-refractivity contribution in [1.29, 1.82) is 0 Å². The Hall–Kier alpha value is -7.83. The summed E-state index contributed by atoms with van der Waals surface area (Å²) in [6, 6.07) is 65.6. The lowest BCUT2D eigenvalue weighted by atomic mass is 9.99. The van der Waals surface area contributed by atoms with Crippen molar-refractivity contribution in [1.82, 2.24) is 19.5 Å². The van der Waals surface area contributed by atoms with Crippen molar-refractivity contribution < 1.29 is 4.42 Å². The Bertz CT molecular complexity index is 3290. The minimum Gasteiger partial charge on any atom is -0.456 e. The third-order valence-corrected chi connectivity index (χ3v) is 11.2. The van der Waals surface area contributed by atoms with E-state index in [4.69, 9.17) is 19.4 Å². The van der Waals surface area contributed by atoms with Gasteiger partial charge < -0.3 is 13.9 Å². The molecular weight excluding hydrogens is 699 g/mol. The summed E-state index contributed by atoms with van der Waals surface area (Å²) in [6.45, 7) is 0. The Morgan fingerprint density at radius 1 is 0.386 bits per heavy atom. The van der Waals surface area contributed by atoms with Crippen LogP contribution >= 0.6 is 0 Å². The van der Waals surface area contributed by atoms with E-state index >= 15 is 0 Å². The number of para-hydroxylation sites is 4. The SMILES string of the molecule is c1ccc(-c2nc(-c3ccccc3)nc(-c3cccc4oc5ccc(-c6ccc7c(c6)c6cccc8c6n7-c6ccccc6N8c6ccccc6)cc5c34)n2)cc1. The van der Waals surface area contributed by atoms with Crippen LogP contribution in [0.15, 0.2) is 192 Å². The Morgan fingerprint density at radius 2 is 0.982 bits per heavy atom. The molecular formula is C51H31N5O. The number of rotatable bonds is 5. The molecule has 0 saturated carbocycles. The van der Waals surface area contributed by atoms with E-state index in [0.29, 0.717) is 17.5 Å². The summed E-state index contributed by atoms with van der Waals surface area (Å²) in [6.07, 6.45) is 0. The third-order valence-electron chi connectivity index (χ3n) is 11.2. The molecule has 0 saturated heterocycles. The molecule has 0 fully saturated rings. The van der Waals surface area contributed by atoms with Crippen LogP contribution in [0.25, 0.3) is 94.7 Å². The lowest BCUT2D eigenvalue weighted by Crippen LogP contribution is -2.17. The molecule has 0 unspecified atom stereocenters. The molecule has 266 valence electrons. The molecule has 12 rings (SSSR count). The molecule has 0 spiro atoms. The predicted octanol–water partition coefficient (Wildman–Crippen LogP) is 13.3. The second-order valence-electron chi connectivity index (χ2n) is 14.4. The van der Waals surface area contributed by atoms with E-state index in [2.05, 4.69) is 125 Å². The molecule has 6 nitrogen and oxygen atoms in total. The molecule has 0 radical (unpaired) electrons. The summed E-state index contributed by atoms with van der Waals surface area (Å²) in [7, 11) is 0. The number of nitrogens with zero attached hydrogens (tertiary/aromatic N) is 5. The summed E-state index contributed by atoms with van der Waals surface area (Å²) in [5.41, 5.74) is 13.6. The van der Waals surface area contributed by atoms with Gasteiger partial charge >= 0.3 is 0 Å². The van der Waals surface area contributed by atoms with Crippen molar-refractivity contribution in [3.8, 4) is 51.0 Å². The van der Waals surface area contributed by atoms with Crippen LogP contribution in [0.3, 0.4) is 0 Å². The van der Waals surface area contributed by atoms with E-state index in [0.717, 1.165) is 72.5 Å². The molecule has 3 aromatic heterocycles. The molecule has 11 aromatic rings. The molecule has 0 bridgehead atoms. The average molecular weight is 730 g/mol. The first-order chi connectivity index (χ1) is 28.3. The van der Waals surface area contributed by atoms with Gasteiger partial charge in [-0.3, -0.25) is 0 Å². The molecule has 4 heterocycles. The number of furan rings is 1. The van der Waals surface area contributed by atoms with Gasteiger partial charge in [-0.05, 0) is 71.8 Å². The lowest BCUT2D eigenvalue weighted by molar-refractivity contribution is 0.669. The summed E-state index contributed by atoms with van der Waals surface area (Å²) < 4.78 is 8.93. The molecule has 0 atom stereocenters. The number of anilines is 3. The standard InChI is InChI=1S/C51H31N5O/c1-4-14-32(15-5-1)49-52-50(33-16-6-2-7-17-33)54-51(53-49)38-21-13-25-46-47(38)40-31-35(27-29-45(40)57-46)34-26-28-41-39(30-34)37-20-12-24-44-48(37)56(41)43-23-11-10-22-42(43)55(44)36-18-8-3-9-19-36/h1-31H. The Morgan fingerprint density at radius 3 is 1.72 bits per heavy atom. The van der Waals surface area contributed by atoms with Crippen LogP contribution in [0.4, 0.5) is 17.1 Å². The maximum Gasteiger partial charge on any atom is 0.164 e. The van der Waals surface area contributed by atoms with Gasteiger partial charge in [0.25, 0.3) is 0 Å². The van der Waals surface area contributed by atoms with Crippen molar-refractivity contribution in [2.45, 2.75) is 0 Å². The fourth-order valence-corrected chi connectivity index (χ4v) is 8.61. The Labute approximate surface area is 327 Å². The molecule has 8 aromatic carbocycles. The van der Waals surface area contributed by atoms with Crippen molar-refractivity contribution in [3.63, 3.8) is 0 Å². The quantitative estimate of drug-likeness (QED) is 0.176. The Balaban J connectivity index is 1.04. The molecule has 1 aliphatic heterocycles. The van der Waals surface area contributed by atoms with Crippen LogP contribution in [0.1, 0.15) is 0 Å². The first-order valence-corrected chi connectivity index (χ1v) is 19.1. The van der Waals surface area contributed by atoms with Crippen LogP contribution in [0, 0.1) is 0 Å². The summed E-state index contributed by atoms with van der Waals surface area (Å²) in [4.78, 5) is 17.5. The molecule has 0 aliphatic carbocycles. The maximum atomic E-state index is 6.50. The lowest BCUT2D eigenvalue weighted by Gasteiger charge is -2.33. The number of hydrogen-bond acceptors (Lipinski definition) is 5. The van der Waals surface area contributed by atoms with Crippen molar-refractivity contribution in [2.24, 2.45) is 0 Å². The minimum absolute atomic E-state index is 0.599. The number of fused-ring (bicyclic) bond motifs is 8. The maximum absolute atomic E-state index is 6.50. The van der Waals surface area contributed by atoms with Crippen LogP contribution in [-0.2, 0) is 0 Å². The van der Waals surface area contributed by atoms with Crippen LogP contribution < -0.4 is 4.90 Å². The highest BCUT2D eigenvalue weighted by atomic mass is 16.3. The molecule has 1 aliphatic rings. The van der Waals surface area contributed by atoms with Gasteiger partial charge in [0.2, 0.25) is 0 Å². The number of hydrogen-bond donors (Lipinski definition) is 0. The van der Waals surface area contributed by atoms with E-state index < -0.39 is 0 Å². The molecule has 57 heavy (non-hydrogen) atoms. The van der Waals surface area contributed by atoms with Crippen LogP contribution in [0.2, 0.25) is 0 Å². The van der Waals surface area contributed by atoms with Gasteiger partial charge in [-0.2, -0.15) is 0 Å². The van der Waals surface area contributed by atoms with Gasteiger partial charge in [-0.25, -0.2) is 15.0 Å². The van der Waals surface area contributed by atoms with Gasteiger partial charge in [-0.15, -0.1) is 0 Å². The minimum atomic E-state index is 0.599. The van der Waals surface area contributed by atoms with Gasteiger partial charge in [-0.1, -0.05) is 127 Å². The summed E-state index contributed by atoms with van der Waals surface area (Å²) in [5, 5.41) is 4.41. The smallest absolute Gasteiger partial charge is 0.164 e. The largest absolute Gasteiger partial charge is 0.456 e. The fraction of sp³-hybridized carbons (Fsp3) is 0. The second-order valence-corrected chi connectivity index (χ2v) is 14.4. The van der Waals surface area contributed by atoms with E-state index in [9.17, 15) is 0 Å². The normalized spacial score (nSPS) is 12.2. The van der Waals surface area contributed by atoms with Gasteiger partial charge in [0.1, 0.15) is 11.2 Å². The summed E-state index contributed by atoms with van der Waals surface area (Å²) in [5.74, 6) is 1.85. The monoisotopic (exact) mass is 729 g/mol. The molecule has 0 N–H and O–H groups in total. The molecule has 6 heteroatoms. The highest BCUT2D eigenvalue weighted by Crippen LogP contribution is 2.50. The zero-order valence-corrected chi connectivity index (χ0v) is 30.5. The fourth-order valence-electron chi connectivity index (χ4n) is 8.61. The molecule has 0 amide bonds. The Kier molecular flexibility index (Phi) is 6.83.